The highest BCUT2D eigenvalue weighted by atomic mass is 32.1. The molecule has 4 rings (SSSR count). The molecule has 190 valence electrons. The van der Waals surface area contributed by atoms with E-state index in [0.717, 1.165) is 39.4 Å². The molecule has 0 saturated heterocycles. The van der Waals surface area contributed by atoms with Gasteiger partial charge in [-0.2, -0.15) is 16.4 Å². The Kier molecular flexibility index (Phi) is 7.59. The zero-order valence-corrected chi connectivity index (χ0v) is 23.3. The van der Waals surface area contributed by atoms with Crippen LogP contribution in [0.5, 0.6) is 11.5 Å². The number of carbonyl (C=O) groups excluding carboxylic acids is 2. The van der Waals surface area contributed by atoms with Crippen molar-refractivity contribution < 1.29 is 19.1 Å². The quantitative estimate of drug-likeness (QED) is 0.453. The van der Waals surface area contributed by atoms with E-state index in [1.54, 1.807) is 23.3 Å². The lowest BCUT2D eigenvalue weighted by Crippen LogP contribution is -2.56. The first-order valence-corrected chi connectivity index (χ1v) is 13.2. The minimum atomic E-state index is -0.480. The Balaban J connectivity index is 1.88. The van der Waals surface area contributed by atoms with Crippen LogP contribution in [0.2, 0.25) is 0 Å². The second-order valence-electron chi connectivity index (χ2n) is 10.3. The van der Waals surface area contributed by atoms with E-state index in [2.05, 4.69) is 11.4 Å². The number of ether oxygens (including phenoxy) is 2. The van der Waals surface area contributed by atoms with Gasteiger partial charge in [-0.05, 0) is 36.6 Å². The third-order valence-electron chi connectivity index (χ3n) is 6.10. The smallest absolute Gasteiger partial charge is 0.273 e. The van der Waals surface area contributed by atoms with Crippen molar-refractivity contribution in [3.63, 3.8) is 0 Å². The van der Waals surface area contributed by atoms with E-state index >= 15 is 0 Å². The largest absolute Gasteiger partial charge is 0.496 e. The van der Waals surface area contributed by atoms with Crippen LogP contribution >= 0.6 is 11.3 Å². The number of hydrogen-bond donors (Lipinski definition) is 1. The van der Waals surface area contributed by atoms with Crippen LogP contribution in [0.4, 0.5) is 0 Å². The third kappa shape index (κ3) is 5.49. The zero-order valence-electron chi connectivity index (χ0n) is 22.5. The molecule has 3 aromatic rings. The normalized spacial score (nSPS) is 12.1. The SMILES string of the molecule is BC(B)(B)N(CCNC(C)=O)C(=O)c1nn(-c2ccsc2)c2c1COc1cc(OC)c(C=C(C)C)cc1-2. The van der Waals surface area contributed by atoms with Crippen molar-refractivity contribution in [2.45, 2.75) is 32.6 Å². The molecule has 0 radical (unpaired) electrons. The maximum Gasteiger partial charge on any atom is 0.273 e. The number of methoxy groups -OCH3 is 1. The molecule has 3 heterocycles. The molecule has 1 aliphatic heterocycles. The molecule has 12 heteroatoms. The predicted octanol–water partition coefficient (Wildman–Crippen LogP) is 1.01. The van der Waals surface area contributed by atoms with E-state index < -0.39 is 5.24 Å². The van der Waals surface area contributed by atoms with E-state index in [4.69, 9.17) is 14.6 Å². The van der Waals surface area contributed by atoms with Gasteiger partial charge in [-0.3, -0.25) is 9.59 Å². The molecule has 8 nitrogen and oxygen atoms in total. The lowest BCUT2D eigenvalue weighted by atomic mass is 9.48. The van der Waals surface area contributed by atoms with Crippen LogP contribution in [0.1, 0.15) is 42.4 Å². The van der Waals surface area contributed by atoms with Gasteiger partial charge in [-0.1, -0.05) is 11.6 Å². The van der Waals surface area contributed by atoms with Gasteiger partial charge in [-0.15, -0.1) is 0 Å². The number of nitrogens with zero attached hydrogens (tertiary/aromatic N) is 3. The van der Waals surface area contributed by atoms with Crippen molar-refractivity contribution in [3.8, 4) is 28.4 Å². The van der Waals surface area contributed by atoms with Gasteiger partial charge in [0, 0.05) is 48.2 Å². The van der Waals surface area contributed by atoms with Gasteiger partial charge in [0.1, 0.15) is 41.6 Å². The van der Waals surface area contributed by atoms with Gasteiger partial charge in [0.15, 0.2) is 5.69 Å². The maximum atomic E-state index is 14.0. The number of rotatable bonds is 8. The highest BCUT2D eigenvalue weighted by molar-refractivity contribution is 7.08. The van der Waals surface area contributed by atoms with Crippen molar-refractivity contribution in [1.29, 1.82) is 0 Å². The highest BCUT2D eigenvalue weighted by Gasteiger charge is 2.35. The Bertz CT molecular complexity index is 1360. The first kappa shape index (κ1) is 26.7. The molecule has 0 spiro atoms. The summed E-state index contributed by atoms with van der Waals surface area (Å²) in [5.74, 6) is 1.07. The lowest BCUT2D eigenvalue weighted by Gasteiger charge is -2.36. The molecular weight excluding hydrogens is 485 g/mol. The fourth-order valence-electron chi connectivity index (χ4n) is 4.45. The molecule has 0 atom stereocenters. The highest BCUT2D eigenvalue weighted by Crippen LogP contribution is 2.44. The van der Waals surface area contributed by atoms with Crippen LogP contribution in [-0.4, -0.2) is 75.5 Å². The Morgan fingerprint density at radius 1 is 1.30 bits per heavy atom. The monoisotopic (exact) mass is 516 g/mol. The van der Waals surface area contributed by atoms with Crippen LogP contribution in [0.3, 0.4) is 0 Å². The van der Waals surface area contributed by atoms with Crippen LogP contribution in [-0.2, 0) is 11.4 Å². The van der Waals surface area contributed by atoms with Crippen molar-refractivity contribution >= 4 is 52.8 Å². The topological polar surface area (TPSA) is 85.7 Å². The van der Waals surface area contributed by atoms with E-state index in [-0.39, 0.29) is 18.4 Å². The fraction of sp³-hybridized carbons (Fsp3) is 0.320. The molecule has 0 aliphatic carbocycles. The number of nitrogens with one attached hydrogen (secondary N) is 1. The molecule has 2 amide bonds. The first-order valence-electron chi connectivity index (χ1n) is 12.2. The maximum absolute atomic E-state index is 14.0. The number of allylic oxidation sites excluding steroid dienone is 1. The summed E-state index contributed by atoms with van der Waals surface area (Å²) in [6.07, 6.45) is 2.06. The van der Waals surface area contributed by atoms with Crippen LogP contribution in [0.25, 0.3) is 23.0 Å². The standard InChI is InChI=1S/C25H31B3N4O4S/c1-14(2)9-16-10-18-21(11-20(16)35-4)36-12-19-22(30-32(23(18)19)17-5-8-37-13-17)24(34)31(25(26,27)28)7-6-29-15(3)33/h5,8-11,13H,6-7,12,26-28H2,1-4H3,(H,29,33). The number of benzene rings is 1. The fourth-order valence-corrected chi connectivity index (χ4v) is 5.06. The summed E-state index contributed by atoms with van der Waals surface area (Å²) in [7, 11) is 7.58. The predicted molar refractivity (Wildman–Crippen MR) is 155 cm³/mol. The molecule has 1 aromatic carbocycles. The number of aromatic nitrogens is 2. The Morgan fingerprint density at radius 2 is 2.05 bits per heavy atom. The molecule has 0 bridgehead atoms. The van der Waals surface area contributed by atoms with Gasteiger partial charge >= 0.3 is 0 Å². The Hall–Kier alpha value is -3.40. The van der Waals surface area contributed by atoms with Crippen LogP contribution in [0, 0.1) is 0 Å². The lowest BCUT2D eigenvalue weighted by molar-refractivity contribution is -0.119. The molecule has 0 unspecified atom stereocenters. The van der Waals surface area contributed by atoms with Crippen molar-refractivity contribution in [3.05, 3.63) is 51.4 Å². The van der Waals surface area contributed by atoms with Crippen LogP contribution in [0.15, 0.2) is 34.5 Å². The van der Waals surface area contributed by atoms with E-state index in [9.17, 15) is 9.59 Å². The second-order valence-corrected chi connectivity index (χ2v) is 11.1. The molecule has 1 aliphatic rings. The number of carbonyl (C=O) groups is 2. The molecule has 0 fully saturated rings. The zero-order chi connectivity index (χ0) is 26.9. The number of amides is 2. The summed E-state index contributed by atoms with van der Waals surface area (Å²) in [5.41, 5.74) is 5.73. The summed E-state index contributed by atoms with van der Waals surface area (Å²) in [6.45, 7) is 6.47. The average molecular weight is 516 g/mol. The Morgan fingerprint density at radius 3 is 2.65 bits per heavy atom. The van der Waals surface area contributed by atoms with Gasteiger partial charge in [0.05, 0.1) is 18.5 Å². The van der Waals surface area contributed by atoms with Gasteiger partial charge in [0.2, 0.25) is 5.91 Å². The van der Waals surface area contributed by atoms with Crippen LogP contribution < -0.4 is 14.8 Å². The Labute approximate surface area is 224 Å². The molecule has 37 heavy (non-hydrogen) atoms. The van der Waals surface area contributed by atoms with Gasteiger partial charge in [0.25, 0.3) is 5.91 Å². The number of thiophene rings is 1. The molecule has 2 aromatic heterocycles. The van der Waals surface area contributed by atoms with E-state index in [0.29, 0.717) is 24.5 Å². The van der Waals surface area contributed by atoms with Crippen molar-refractivity contribution in [2.75, 3.05) is 20.2 Å². The van der Waals surface area contributed by atoms with Gasteiger partial charge in [-0.25, -0.2) is 4.68 Å². The summed E-state index contributed by atoms with van der Waals surface area (Å²) < 4.78 is 13.6. The summed E-state index contributed by atoms with van der Waals surface area (Å²) >= 11 is 1.57. The van der Waals surface area contributed by atoms with Crippen molar-refractivity contribution in [2.24, 2.45) is 0 Å². The summed E-state index contributed by atoms with van der Waals surface area (Å²) in [4.78, 5) is 27.2. The summed E-state index contributed by atoms with van der Waals surface area (Å²) in [6, 6.07) is 5.92. The molecule has 1 N–H and O–H groups in total. The first-order chi connectivity index (χ1) is 17.5. The molecular formula is C25H31B3N4O4S. The minimum absolute atomic E-state index is 0.131. The minimum Gasteiger partial charge on any atom is -0.496 e. The van der Waals surface area contributed by atoms with E-state index in [1.165, 1.54) is 6.92 Å². The number of hydrogen-bond acceptors (Lipinski definition) is 6. The molecule has 0 saturated carbocycles. The van der Waals surface area contributed by atoms with Gasteiger partial charge < -0.3 is 19.7 Å². The second kappa shape index (κ2) is 10.5. The van der Waals surface area contributed by atoms with Crippen molar-refractivity contribution in [1.82, 2.24) is 20.0 Å². The summed E-state index contributed by atoms with van der Waals surface area (Å²) in [5, 5.41) is 11.2. The third-order valence-corrected chi connectivity index (χ3v) is 6.78. The average Bonchev–Trinajstić information content (AvgIpc) is 3.47. The number of fused-ring (bicyclic) bond motifs is 3. The van der Waals surface area contributed by atoms with E-state index in [1.807, 2.05) is 71.0 Å².